The van der Waals surface area contributed by atoms with Crippen LogP contribution < -0.4 is 14.4 Å². The number of amides is 1. The number of nitrogens with one attached hydrogen (secondary N) is 1. The lowest BCUT2D eigenvalue weighted by Crippen LogP contribution is -2.58. The zero-order chi connectivity index (χ0) is 34.0. The highest BCUT2D eigenvalue weighted by Crippen LogP contribution is 2.47. The van der Waals surface area contributed by atoms with Crippen LogP contribution in [0.1, 0.15) is 86.7 Å². The van der Waals surface area contributed by atoms with Crippen molar-refractivity contribution >= 4 is 34.6 Å². The van der Waals surface area contributed by atoms with E-state index in [-0.39, 0.29) is 28.9 Å². The third kappa shape index (κ3) is 7.97. The van der Waals surface area contributed by atoms with Crippen LogP contribution in [0.4, 0.5) is 5.69 Å². The van der Waals surface area contributed by atoms with Crippen LogP contribution in [0.2, 0.25) is 5.02 Å². The smallest absolute Gasteiger partial charge is 0.292 e. The van der Waals surface area contributed by atoms with Crippen LogP contribution in [-0.4, -0.2) is 95.7 Å². The fraction of sp³-hybridized carbons (Fsp3) is 0.658. The molecule has 2 aromatic carbocycles. The second-order valence-electron chi connectivity index (χ2n) is 15.1. The molecule has 6 rings (SSSR count). The number of rotatable bonds is 5. The quantitative estimate of drug-likeness (QED) is 0.377. The predicted molar refractivity (Wildman–Crippen MR) is 196 cm³/mol. The first-order chi connectivity index (χ1) is 23.0. The number of hydrogen-bond acceptors (Lipinski definition) is 7. The maximum Gasteiger partial charge on any atom is 0.292 e. The van der Waals surface area contributed by atoms with E-state index in [4.69, 9.17) is 16.3 Å². The summed E-state index contributed by atoms with van der Waals surface area (Å²) in [5, 5.41) is 13.2. The minimum atomic E-state index is -1.53. The largest absolute Gasteiger partial charge is 0.593 e. The molecule has 7 atom stereocenters. The van der Waals surface area contributed by atoms with Crippen molar-refractivity contribution in [1.29, 1.82) is 0 Å². The van der Waals surface area contributed by atoms with E-state index in [9.17, 15) is 14.5 Å². The molecule has 0 aromatic heterocycles. The van der Waals surface area contributed by atoms with Gasteiger partial charge in [0, 0.05) is 68.2 Å². The molecule has 1 saturated heterocycles. The van der Waals surface area contributed by atoms with Crippen LogP contribution in [0, 0.1) is 17.8 Å². The Bertz CT molecular complexity index is 1420. The van der Waals surface area contributed by atoms with E-state index >= 15 is 0 Å². The Kier molecular flexibility index (Phi) is 11.5. The Labute approximate surface area is 295 Å². The minimum absolute atomic E-state index is 0.108. The van der Waals surface area contributed by atoms with Crippen molar-refractivity contribution in [2.24, 2.45) is 17.8 Å². The molecule has 2 fully saturated rings. The van der Waals surface area contributed by atoms with Crippen molar-refractivity contribution < 1.29 is 19.2 Å². The summed E-state index contributed by atoms with van der Waals surface area (Å²) >= 11 is 4.94. The molecule has 10 heteroatoms. The van der Waals surface area contributed by atoms with Crippen molar-refractivity contribution in [2.75, 3.05) is 64.4 Å². The van der Waals surface area contributed by atoms with E-state index in [0.29, 0.717) is 24.6 Å². The first-order valence-electron chi connectivity index (χ1n) is 18.2. The van der Waals surface area contributed by atoms with Gasteiger partial charge in [0.2, 0.25) is 0 Å². The number of benzene rings is 2. The summed E-state index contributed by atoms with van der Waals surface area (Å²) in [6.45, 7) is 13.0. The molecule has 1 aliphatic carbocycles. The summed E-state index contributed by atoms with van der Waals surface area (Å²) in [4.78, 5) is 20.7. The first-order valence-corrected chi connectivity index (χ1v) is 19.8. The lowest BCUT2D eigenvalue weighted by atomic mass is 9.62. The molecular weight excluding hydrogens is 644 g/mol. The molecule has 8 nitrogen and oxygen atoms in total. The number of piperazine rings is 1. The number of nitrogens with zero attached hydrogens (tertiary/aromatic N) is 3. The lowest BCUT2D eigenvalue weighted by molar-refractivity contribution is -0.109. The SMILES string of the molecule is CCCc1cc(Cl)ccc1C1COc2ccc3cc2N(C1)CC1CCC1C(O)(CN1CCN(C)CC1)CCCC(C)C(C)[S+]([O-])NC3=O. The van der Waals surface area contributed by atoms with Crippen LogP contribution in [0.5, 0.6) is 5.75 Å². The van der Waals surface area contributed by atoms with Gasteiger partial charge in [-0.1, -0.05) is 44.4 Å². The van der Waals surface area contributed by atoms with Gasteiger partial charge in [0.1, 0.15) is 11.0 Å². The van der Waals surface area contributed by atoms with Gasteiger partial charge in [-0.25, -0.2) is 0 Å². The van der Waals surface area contributed by atoms with Gasteiger partial charge >= 0.3 is 0 Å². The summed E-state index contributed by atoms with van der Waals surface area (Å²) in [6, 6.07) is 11.8. The fourth-order valence-corrected chi connectivity index (χ4v) is 9.67. The molecule has 264 valence electrons. The molecule has 0 radical (unpaired) electrons. The summed E-state index contributed by atoms with van der Waals surface area (Å²) in [5.74, 6) is 1.19. The van der Waals surface area contributed by atoms with Crippen molar-refractivity contribution in [1.82, 2.24) is 14.5 Å². The number of β-amino-alcohol motifs (C(OH)–C–C–N with tert-alkyl or cyclic N) is 1. The molecule has 3 aliphatic heterocycles. The summed E-state index contributed by atoms with van der Waals surface area (Å²) in [5.41, 5.74) is 3.10. The Morgan fingerprint density at radius 1 is 1.08 bits per heavy atom. The van der Waals surface area contributed by atoms with Crippen molar-refractivity contribution in [3.63, 3.8) is 0 Å². The van der Waals surface area contributed by atoms with Crippen molar-refractivity contribution in [2.45, 2.75) is 82.5 Å². The maximum atomic E-state index is 13.5. The average molecular weight is 699 g/mol. The molecule has 4 aliphatic rings. The van der Waals surface area contributed by atoms with E-state index in [2.05, 4.69) is 52.4 Å². The third-order valence-electron chi connectivity index (χ3n) is 11.8. The molecule has 0 spiro atoms. The van der Waals surface area contributed by atoms with Gasteiger partial charge in [0.15, 0.2) is 0 Å². The summed E-state index contributed by atoms with van der Waals surface area (Å²) in [6.07, 6.45) is 6.52. The highest BCUT2D eigenvalue weighted by atomic mass is 35.5. The molecule has 48 heavy (non-hydrogen) atoms. The lowest BCUT2D eigenvalue weighted by Gasteiger charge is -2.51. The molecule has 1 saturated carbocycles. The van der Waals surface area contributed by atoms with Crippen LogP contribution in [-0.2, 0) is 17.8 Å². The Morgan fingerprint density at radius 3 is 2.60 bits per heavy atom. The van der Waals surface area contributed by atoms with E-state index in [1.54, 1.807) is 6.07 Å². The number of carbonyl (C=O) groups is 1. The Morgan fingerprint density at radius 2 is 1.88 bits per heavy atom. The number of anilines is 1. The van der Waals surface area contributed by atoms with Gasteiger partial charge in [-0.3, -0.25) is 9.69 Å². The summed E-state index contributed by atoms with van der Waals surface area (Å²) in [7, 11) is 2.17. The Balaban J connectivity index is 1.36. The van der Waals surface area contributed by atoms with Gasteiger partial charge in [0.05, 0.1) is 29.3 Å². The second-order valence-corrected chi connectivity index (χ2v) is 17.1. The molecular formula is C38H55ClN4O4S. The predicted octanol–water partition coefficient (Wildman–Crippen LogP) is 5.88. The van der Waals surface area contributed by atoms with Gasteiger partial charge in [-0.2, -0.15) is 4.72 Å². The molecule has 2 N–H and O–H groups in total. The number of fused-ring (bicyclic) bond motifs is 2. The van der Waals surface area contributed by atoms with Gasteiger partial charge in [0.25, 0.3) is 5.91 Å². The summed E-state index contributed by atoms with van der Waals surface area (Å²) < 4.78 is 22.7. The second kappa shape index (κ2) is 15.5. The number of likely N-dealkylation sites (N-methyl/N-ethyl adjacent to an activating group) is 1. The third-order valence-corrected chi connectivity index (χ3v) is 13.5. The zero-order valence-electron chi connectivity index (χ0n) is 29.3. The van der Waals surface area contributed by atoms with Crippen LogP contribution in [0.3, 0.4) is 0 Å². The van der Waals surface area contributed by atoms with E-state index in [1.165, 1.54) is 11.1 Å². The number of aryl methyl sites for hydroxylation is 1. The van der Waals surface area contributed by atoms with E-state index in [1.807, 2.05) is 25.1 Å². The van der Waals surface area contributed by atoms with Gasteiger partial charge < -0.3 is 24.2 Å². The van der Waals surface area contributed by atoms with Crippen LogP contribution in [0.25, 0.3) is 0 Å². The number of carbonyl (C=O) groups excluding carboxylic acids is 1. The number of hydrogen-bond donors (Lipinski definition) is 2. The highest BCUT2D eigenvalue weighted by molar-refractivity contribution is 7.90. The standard InChI is InChI=1S/C38H55ClN4O4S/c1-5-7-28-20-32(39)11-12-33(28)31-23-43-22-30-9-13-34(30)38(45,25-42-18-16-41(4)17-19-42)15-6-8-26(2)27(3)48(46)40-37(44)29-10-14-36(47-24-31)35(43)21-29/h10-12,14,20-21,26-27,30-31,34,45H,5-9,13,15-19,22-25H2,1-4H3,(H,40,44). The number of aliphatic hydroxyl groups is 1. The van der Waals surface area contributed by atoms with E-state index < -0.39 is 17.0 Å². The van der Waals surface area contributed by atoms with Crippen molar-refractivity contribution in [3.8, 4) is 5.75 Å². The van der Waals surface area contributed by atoms with Crippen molar-refractivity contribution in [3.05, 3.63) is 58.1 Å². The van der Waals surface area contributed by atoms with Gasteiger partial charge in [-0.15, -0.1) is 0 Å². The zero-order valence-corrected chi connectivity index (χ0v) is 30.8. The highest BCUT2D eigenvalue weighted by Gasteiger charge is 2.48. The Hall–Kier alpha value is -2.01. The van der Waals surface area contributed by atoms with Gasteiger partial charge in [-0.05, 0) is 99.4 Å². The molecule has 7 unspecified atom stereocenters. The topological polar surface area (TPSA) is 91.3 Å². The molecule has 1 amide bonds. The average Bonchev–Trinajstić information content (AvgIpc) is 3.22. The molecule has 3 heterocycles. The monoisotopic (exact) mass is 698 g/mol. The minimum Gasteiger partial charge on any atom is -0.593 e. The van der Waals surface area contributed by atoms with Crippen LogP contribution in [0.15, 0.2) is 36.4 Å². The number of halogens is 1. The molecule has 2 aromatic rings. The maximum absolute atomic E-state index is 13.5. The number of ether oxygens (including phenoxy) is 1. The fourth-order valence-electron chi connectivity index (χ4n) is 8.43. The van der Waals surface area contributed by atoms with Crippen LogP contribution >= 0.6 is 11.6 Å². The normalized spacial score (nSPS) is 32.4. The first kappa shape index (κ1) is 35.8. The molecule has 2 bridgehead atoms. The van der Waals surface area contributed by atoms with E-state index in [0.717, 1.165) is 101 Å².